The van der Waals surface area contributed by atoms with Crippen molar-refractivity contribution in [2.75, 3.05) is 13.1 Å². The molecule has 3 N–H and O–H groups in total. The lowest BCUT2D eigenvalue weighted by Gasteiger charge is -2.16. The summed E-state index contributed by atoms with van der Waals surface area (Å²) in [6, 6.07) is 7.22. The van der Waals surface area contributed by atoms with Crippen LogP contribution in [0.4, 0.5) is 0 Å². The van der Waals surface area contributed by atoms with E-state index in [2.05, 4.69) is 0 Å². The zero-order chi connectivity index (χ0) is 14.1. The summed E-state index contributed by atoms with van der Waals surface area (Å²) in [5.74, 6) is 1.75. The third-order valence-electron chi connectivity index (χ3n) is 4.56. The molecule has 1 aromatic rings. The van der Waals surface area contributed by atoms with Crippen LogP contribution >= 0.6 is 0 Å². The summed E-state index contributed by atoms with van der Waals surface area (Å²) in [6.45, 7) is 1.57. The molecule has 0 bridgehead atoms. The van der Waals surface area contributed by atoms with E-state index >= 15 is 0 Å². The Morgan fingerprint density at radius 3 is 2.60 bits per heavy atom. The summed E-state index contributed by atoms with van der Waals surface area (Å²) in [6.07, 6.45) is 3.82. The van der Waals surface area contributed by atoms with Crippen molar-refractivity contribution in [3.8, 4) is 5.75 Å². The number of aromatic hydroxyl groups is 1. The highest BCUT2D eigenvalue weighted by atomic mass is 16.3. The van der Waals surface area contributed by atoms with Gasteiger partial charge in [0.05, 0.1) is 0 Å². The van der Waals surface area contributed by atoms with Gasteiger partial charge in [0.2, 0.25) is 5.91 Å². The quantitative estimate of drug-likeness (QED) is 0.875. The summed E-state index contributed by atoms with van der Waals surface area (Å²) in [5.41, 5.74) is 7.23. The van der Waals surface area contributed by atoms with Crippen molar-refractivity contribution in [1.29, 1.82) is 0 Å². The van der Waals surface area contributed by atoms with Gasteiger partial charge in [0, 0.05) is 25.6 Å². The highest BCUT2D eigenvalue weighted by Gasteiger charge is 2.41. The maximum absolute atomic E-state index is 12.2. The number of carbonyl (C=O) groups excluding carboxylic acids is 1. The minimum atomic E-state index is 0.167. The molecule has 0 spiro atoms. The Morgan fingerprint density at radius 2 is 1.95 bits per heavy atom. The lowest BCUT2D eigenvalue weighted by Crippen LogP contribution is -2.32. The molecule has 20 heavy (non-hydrogen) atoms. The van der Waals surface area contributed by atoms with Crippen LogP contribution in [-0.2, 0) is 11.2 Å². The molecular weight excluding hydrogens is 252 g/mol. The summed E-state index contributed by atoms with van der Waals surface area (Å²) in [4.78, 5) is 14.2. The number of hydrogen-bond acceptors (Lipinski definition) is 3. The number of phenolic OH excluding ortho intramolecular Hbond substituents is 1. The Labute approximate surface area is 119 Å². The fourth-order valence-corrected chi connectivity index (χ4v) is 3.15. The molecular formula is C16H22N2O2. The maximum atomic E-state index is 12.2. The van der Waals surface area contributed by atoms with E-state index in [0.717, 1.165) is 31.0 Å². The Balaban J connectivity index is 1.50. The third-order valence-corrected chi connectivity index (χ3v) is 4.56. The Bertz CT molecular complexity index is 482. The third kappa shape index (κ3) is 2.96. The van der Waals surface area contributed by atoms with E-state index in [0.29, 0.717) is 12.3 Å². The SMILES string of the molecule is N[C@H]1CN(C(=O)CCc2ccc(O)cc2)C[C@@H]1C1CC1. The number of amides is 1. The van der Waals surface area contributed by atoms with Crippen LogP contribution in [0.5, 0.6) is 5.75 Å². The number of aryl methyl sites for hydroxylation is 1. The topological polar surface area (TPSA) is 66.6 Å². The monoisotopic (exact) mass is 274 g/mol. The molecule has 3 rings (SSSR count). The van der Waals surface area contributed by atoms with Gasteiger partial charge in [0.15, 0.2) is 0 Å². The van der Waals surface area contributed by atoms with Crippen molar-refractivity contribution < 1.29 is 9.90 Å². The van der Waals surface area contributed by atoms with Crippen LogP contribution in [0.3, 0.4) is 0 Å². The molecule has 2 atom stereocenters. The van der Waals surface area contributed by atoms with Crippen molar-refractivity contribution in [2.45, 2.75) is 31.7 Å². The van der Waals surface area contributed by atoms with Crippen LogP contribution < -0.4 is 5.73 Å². The second-order valence-corrected chi connectivity index (χ2v) is 6.13. The largest absolute Gasteiger partial charge is 0.508 e. The van der Waals surface area contributed by atoms with Gasteiger partial charge >= 0.3 is 0 Å². The van der Waals surface area contributed by atoms with Crippen molar-refractivity contribution in [3.63, 3.8) is 0 Å². The van der Waals surface area contributed by atoms with E-state index < -0.39 is 0 Å². The first kappa shape index (κ1) is 13.4. The molecule has 1 aliphatic heterocycles. The molecule has 108 valence electrons. The standard InChI is InChI=1S/C16H22N2O2/c17-15-10-18(9-14(15)12-4-5-12)16(20)8-3-11-1-6-13(19)7-2-11/h1-2,6-7,12,14-15,19H,3-5,8-10,17H2/t14-,15+/m1/s1. The molecule has 1 heterocycles. The first-order chi connectivity index (χ1) is 9.63. The van der Waals surface area contributed by atoms with Gasteiger partial charge in [-0.1, -0.05) is 12.1 Å². The Hall–Kier alpha value is -1.55. The normalized spacial score (nSPS) is 25.9. The molecule has 1 saturated carbocycles. The van der Waals surface area contributed by atoms with Crippen molar-refractivity contribution >= 4 is 5.91 Å². The highest BCUT2D eigenvalue weighted by molar-refractivity contribution is 5.77. The van der Waals surface area contributed by atoms with Gasteiger partial charge in [-0.3, -0.25) is 4.79 Å². The molecule has 4 heteroatoms. The number of phenols is 1. The van der Waals surface area contributed by atoms with Gasteiger partial charge in [-0.25, -0.2) is 0 Å². The molecule has 2 aliphatic rings. The average molecular weight is 274 g/mol. The second-order valence-electron chi connectivity index (χ2n) is 6.13. The lowest BCUT2D eigenvalue weighted by atomic mass is 9.99. The van der Waals surface area contributed by atoms with Gasteiger partial charge in [-0.2, -0.15) is 0 Å². The van der Waals surface area contributed by atoms with Crippen LogP contribution in [0.2, 0.25) is 0 Å². The van der Waals surface area contributed by atoms with Crippen LogP contribution in [0, 0.1) is 11.8 Å². The molecule has 4 nitrogen and oxygen atoms in total. The lowest BCUT2D eigenvalue weighted by molar-refractivity contribution is -0.130. The molecule has 0 unspecified atom stereocenters. The minimum absolute atomic E-state index is 0.167. The molecule has 1 aliphatic carbocycles. The summed E-state index contributed by atoms with van der Waals surface area (Å²) in [5, 5.41) is 9.23. The second kappa shape index (κ2) is 5.44. The maximum Gasteiger partial charge on any atom is 0.222 e. The summed E-state index contributed by atoms with van der Waals surface area (Å²) >= 11 is 0. The minimum Gasteiger partial charge on any atom is -0.508 e. The van der Waals surface area contributed by atoms with Gasteiger partial charge < -0.3 is 15.7 Å². The van der Waals surface area contributed by atoms with Gasteiger partial charge in [0.1, 0.15) is 5.75 Å². The molecule has 0 radical (unpaired) electrons. The van der Waals surface area contributed by atoms with Gasteiger partial charge in [-0.15, -0.1) is 0 Å². The van der Waals surface area contributed by atoms with Crippen LogP contribution in [0.1, 0.15) is 24.8 Å². The van der Waals surface area contributed by atoms with E-state index in [1.54, 1.807) is 12.1 Å². The number of carbonyl (C=O) groups is 1. The highest BCUT2D eigenvalue weighted by Crippen LogP contribution is 2.40. The molecule has 1 aromatic carbocycles. The number of rotatable bonds is 4. The van der Waals surface area contributed by atoms with E-state index in [1.165, 1.54) is 12.8 Å². The fraction of sp³-hybridized carbons (Fsp3) is 0.562. The fourth-order valence-electron chi connectivity index (χ4n) is 3.15. The van der Waals surface area contributed by atoms with Crippen LogP contribution in [-0.4, -0.2) is 35.0 Å². The van der Waals surface area contributed by atoms with Crippen LogP contribution in [0.15, 0.2) is 24.3 Å². The molecule has 1 amide bonds. The van der Waals surface area contributed by atoms with Crippen molar-refractivity contribution in [3.05, 3.63) is 29.8 Å². The zero-order valence-corrected chi connectivity index (χ0v) is 11.7. The number of hydrogen-bond donors (Lipinski definition) is 2. The summed E-state index contributed by atoms with van der Waals surface area (Å²) < 4.78 is 0. The van der Waals surface area contributed by atoms with E-state index in [9.17, 15) is 9.90 Å². The van der Waals surface area contributed by atoms with Crippen molar-refractivity contribution in [1.82, 2.24) is 4.90 Å². The van der Waals surface area contributed by atoms with E-state index in [4.69, 9.17) is 5.73 Å². The number of benzene rings is 1. The van der Waals surface area contributed by atoms with Crippen LogP contribution in [0.25, 0.3) is 0 Å². The van der Waals surface area contributed by atoms with Gasteiger partial charge in [0.25, 0.3) is 0 Å². The predicted molar refractivity (Wildman–Crippen MR) is 77.2 cm³/mol. The van der Waals surface area contributed by atoms with E-state index in [-0.39, 0.29) is 17.7 Å². The molecule has 1 saturated heterocycles. The first-order valence-corrected chi connectivity index (χ1v) is 7.45. The van der Waals surface area contributed by atoms with Crippen molar-refractivity contribution in [2.24, 2.45) is 17.6 Å². The number of likely N-dealkylation sites (tertiary alicyclic amines) is 1. The van der Waals surface area contributed by atoms with E-state index in [1.807, 2.05) is 17.0 Å². The van der Waals surface area contributed by atoms with Gasteiger partial charge in [-0.05, 0) is 48.8 Å². The summed E-state index contributed by atoms with van der Waals surface area (Å²) in [7, 11) is 0. The predicted octanol–water partition coefficient (Wildman–Crippen LogP) is 1.52. The number of nitrogens with two attached hydrogens (primary N) is 1. The Morgan fingerprint density at radius 1 is 1.25 bits per heavy atom. The number of nitrogens with zero attached hydrogens (tertiary/aromatic N) is 1. The zero-order valence-electron chi connectivity index (χ0n) is 11.7. The molecule has 0 aromatic heterocycles. The average Bonchev–Trinajstić information content (AvgIpc) is 3.21. The smallest absolute Gasteiger partial charge is 0.222 e. The molecule has 2 fully saturated rings. The first-order valence-electron chi connectivity index (χ1n) is 7.45. The Kier molecular flexibility index (Phi) is 3.66.